The van der Waals surface area contributed by atoms with E-state index in [-0.39, 0.29) is 12.2 Å². The van der Waals surface area contributed by atoms with E-state index in [1.54, 1.807) is 0 Å². The summed E-state index contributed by atoms with van der Waals surface area (Å²) in [5, 5.41) is 0. The largest absolute Gasteiger partial charge is 0.443 e. The van der Waals surface area contributed by atoms with Crippen molar-refractivity contribution in [1.82, 2.24) is 4.90 Å². The lowest BCUT2D eigenvalue weighted by Gasteiger charge is -2.53. The summed E-state index contributed by atoms with van der Waals surface area (Å²) in [6.07, 6.45) is 8.77. The van der Waals surface area contributed by atoms with Crippen molar-refractivity contribution in [3.63, 3.8) is 0 Å². The van der Waals surface area contributed by atoms with Crippen molar-refractivity contribution in [2.24, 2.45) is 35.5 Å². The predicted octanol–water partition coefficient (Wildman–Crippen LogP) is 6.29. The van der Waals surface area contributed by atoms with Crippen LogP contribution in [0.5, 0.6) is 0 Å². The number of ether oxygens (including phenoxy) is 1. The molecule has 2 saturated carbocycles. The second kappa shape index (κ2) is 10.3. The van der Waals surface area contributed by atoms with Gasteiger partial charge in [-0.25, -0.2) is 4.79 Å². The van der Waals surface area contributed by atoms with Crippen LogP contribution in [0.4, 0.5) is 0 Å². The molecule has 0 bridgehead atoms. The van der Waals surface area contributed by atoms with E-state index >= 15 is 0 Å². The molecule has 0 aliphatic heterocycles. The Hall–Kier alpha value is -0.830. The lowest BCUT2D eigenvalue weighted by molar-refractivity contribution is -0.167. The quantitative estimate of drug-likeness (QED) is 0.290. The molecule has 3 nitrogen and oxygen atoms in total. The molecular formula is C25H45NO2. The molecule has 0 N–H and O–H groups in total. The van der Waals surface area contributed by atoms with Gasteiger partial charge in [0, 0.05) is 18.2 Å². The summed E-state index contributed by atoms with van der Waals surface area (Å²) in [6, 6.07) is 0.987. The maximum absolute atomic E-state index is 12.1. The summed E-state index contributed by atoms with van der Waals surface area (Å²) >= 11 is 0. The van der Waals surface area contributed by atoms with Crippen LogP contribution in [0, 0.1) is 35.5 Å². The van der Waals surface area contributed by atoms with Crippen LogP contribution >= 0.6 is 0 Å². The highest BCUT2D eigenvalue weighted by Crippen LogP contribution is 2.43. The first-order chi connectivity index (χ1) is 13.1. The summed E-state index contributed by atoms with van der Waals surface area (Å²) in [5.41, 5.74) is 0. The first-order valence-electron chi connectivity index (χ1n) is 11.8. The molecule has 0 amide bonds. The van der Waals surface area contributed by atoms with E-state index < -0.39 is 0 Å². The molecule has 7 atom stereocenters. The van der Waals surface area contributed by atoms with Gasteiger partial charge in [0.05, 0.1) is 0 Å². The molecule has 162 valence electrons. The van der Waals surface area contributed by atoms with Crippen molar-refractivity contribution in [3.8, 4) is 0 Å². The third-order valence-electron chi connectivity index (χ3n) is 7.61. The monoisotopic (exact) mass is 391 g/mol. The molecule has 0 aromatic rings. The second-order valence-electron chi connectivity index (χ2n) is 10.5. The van der Waals surface area contributed by atoms with Gasteiger partial charge in [0.1, 0.15) is 0 Å². The highest BCUT2D eigenvalue weighted by molar-refractivity contribution is 5.81. The third-order valence-corrected chi connectivity index (χ3v) is 7.61. The Morgan fingerprint density at radius 1 is 0.893 bits per heavy atom. The fourth-order valence-corrected chi connectivity index (χ4v) is 6.05. The van der Waals surface area contributed by atoms with E-state index in [2.05, 4.69) is 59.9 Å². The first-order valence-corrected chi connectivity index (χ1v) is 11.8. The zero-order valence-electron chi connectivity index (χ0n) is 19.5. The second-order valence-corrected chi connectivity index (χ2v) is 10.5. The Balaban J connectivity index is 2.41. The molecule has 2 aliphatic carbocycles. The van der Waals surface area contributed by atoms with Gasteiger partial charge in [0.2, 0.25) is 0 Å². The Kier molecular flexibility index (Phi) is 8.60. The minimum absolute atomic E-state index is 0.196. The summed E-state index contributed by atoms with van der Waals surface area (Å²) in [6.45, 7) is 20.0. The molecule has 0 aromatic heterocycles. The van der Waals surface area contributed by atoms with E-state index in [0.29, 0.717) is 35.8 Å². The molecule has 0 heterocycles. The van der Waals surface area contributed by atoms with E-state index in [1.807, 2.05) is 0 Å². The van der Waals surface area contributed by atoms with Gasteiger partial charge in [-0.15, -0.1) is 0 Å². The Bertz CT molecular complexity index is 483. The highest BCUT2D eigenvalue weighted by Gasteiger charge is 2.44. The standard InChI is InChI=1S/C25H45NO2/c1-9-25(27)28-20(8)26(23-14-18(6)10-12-21(23)16(2)3)24-15-19(7)11-13-22(24)17(4)5/h9,16-24H,1,10-15H2,2-8H3. The van der Waals surface area contributed by atoms with Gasteiger partial charge in [-0.05, 0) is 68.1 Å². The van der Waals surface area contributed by atoms with Gasteiger partial charge in [0.15, 0.2) is 6.23 Å². The number of hydrogen-bond acceptors (Lipinski definition) is 3. The molecule has 7 unspecified atom stereocenters. The van der Waals surface area contributed by atoms with E-state index in [4.69, 9.17) is 4.74 Å². The van der Waals surface area contributed by atoms with Crippen LogP contribution in [0.15, 0.2) is 12.7 Å². The average Bonchev–Trinajstić information content (AvgIpc) is 2.61. The summed E-state index contributed by atoms with van der Waals surface area (Å²) < 4.78 is 5.86. The van der Waals surface area contributed by atoms with Crippen LogP contribution in [0.1, 0.15) is 87.0 Å². The molecule has 2 fully saturated rings. The fraction of sp³-hybridized carbons (Fsp3) is 0.880. The zero-order valence-corrected chi connectivity index (χ0v) is 19.5. The number of rotatable bonds is 7. The number of nitrogens with zero attached hydrogens (tertiary/aromatic N) is 1. The minimum atomic E-state index is -0.299. The maximum atomic E-state index is 12.1. The van der Waals surface area contributed by atoms with Crippen LogP contribution in [0.2, 0.25) is 0 Å². The van der Waals surface area contributed by atoms with Gasteiger partial charge in [-0.3, -0.25) is 4.90 Å². The number of esters is 1. The number of carbonyl (C=O) groups excluding carboxylic acids is 1. The van der Waals surface area contributed by atoms with Crippen LogP contribution in [0.3, 0.4) is 0 Å². The van der Waals surface area contributed by atoms with E-state index in [0.717, 1.165) is 11.8 Å². The summed E-state index contributed by atoms with van der Waals surface area (Å²) in [5.74, 6) is 3.83. The minimum Gasteiger partial charge on any atom is -0.443 e. The molecular weight excluding hydrogens is 346 g/mol. The predicted molar refractivity (Wildman–Crippen MR) is 118 cm³/mol. The van der Waals surface area contributed by atoms with Crippen LogP contribution in [-0.4, -0.2) is 29.2 Å². The molecule has 28 heavy (non-hydrogen) atoms. The van der Waals surface area contributed by atoms with Crippen LogP contribution in [0.25, 0.3) is 0 Å². The smallest absolute Gasteiger partial charge is 0.331 e. The van der Waals surface area contributed by atoms with E-state index in [1.165, 1.54) is 44.6 Å². The summed E-state index contributed by atoms with van der Waals surface area (Å²) in [4.78, 5) is 14.7. The van der Waals surface area contributed by atoms with Gasteiger partial charge in [-0.1, -0.05) is 61.0 Å². The zero-order chi connectivity index (χ0) is 21.0. The molecule has 2 aliphatic rings. The topological polar surface area (TPSA) is 29.5 Å². The van der Waals surface area contributed by atoms with Gasteiger partial charge in [0.25, 0.3) is 0 Å². The Morgan fingerprint density at radius 2 is 1.32 bits per heavy atom. The van der Waals surface area contributed by atoms with Crippen molar-refractivity contribution in [2.75, 3.05) is 0 Å². The van der Waals surface area contributed by atoms with Crippen molar-refractivity contribution in [2.45, 2.75) is 105 Å². The third kappa shape index (κ3) is 5.62. The van der Waals surface area contributed by atoms with Crippen molar-refractivity contribution in [1.29, 1.82) is 0 Å². The van der Waals surface area contributed by atoms with Crippen LogP contribution < -0.4 is 0 Å². The Labute approximate surface area is 174 Å². The molecule has 0 radical (unpaired) electrons. The first kappa shape index (κ1) is 23.4. The molecule has 0 spiro atoms. The Morgan fingerprint density at radius 3 is 1.68 bits per heavy atom. The molecule has 2 rings (SSSR count). The number of carbonyl (C=O) groups is 1. The molecule has 3 heteroatoms. The van der Waals surface area contributed by atoms with Gasteiger partial charge < -0.3 is 4.74 Å². The van der Waals surface area contributed by atoms with Gasteiger partial charge in [-0.2, -0.15) is 0 Å². The van der Waals surface area contributed by atoms with Crippen molar-refractivity contribution < 1.29 is 9.53 Å². The lowest BCUT2D eigenvalue weighted by atomic mass is 9.69. The number of hydrogen-bond donors (Lipinski definition) is 0. The average molecular weight is 392 g/mol. The van der Waals surface area contributed by atoms with Gasteiger partial charge >= 0.3 is 5.97 Å². The SMILES string of the molecule is C=CC(=O)OC(C)N(C1CC(C)CCC1C(C)C)C1CC(C)CCC1C(C)C. The van der Waals surface area contributed by atoms with Crippen molar-refractivity contribution in [3.05, 3.63) is 12.7 Å². The summed E-state index contributed by atoms with van der Waals surface area (Å²) in [7, 11) is 0. The highest BCUT2D eigenvalue weighted by atomic mass is 16.6. The fourth-order valence-electron chi connectivity index (χ4n) is 6.05. The van der Waals surface area contributed by atoms with Crippen molar-refractivity contribution >= 4 is 5.97 Å². The molecule has 0 aromatic carbocycles. The van der Waals surface area contributed by atoms with E-state index in [9.17, 15) is 4.79 Å². The maximum Gasteiger partial charge on any atom is 0.331 e. The van der Waals surface area contributed by atoms with Crippen LogP contribution in [-0.2, 0) is 9.53 Å². The normalized spacial score (nSPS) is 35.2. The molecule has 0 saturated heterocycles. The lowest BCUT2D eigenvalue weighted by Crippen LogP contribution is -2.59.